The van der Waals surface area contributed by atoms with Crippen molar-refractivity contribution in [3.05, 3.63) is 59.7 Å². The quantitative estimate of drug-likeness (QED) is 0.161. The Morgan fingerprint density at radius 2 is 1.87 bits per heavy atom. The van der Waals surface area contributed by atoms with E-state index in [1.54, 1.807) is 24.3 Å². The van der Waals surface area contributed by atoms with Crippen LogP contribution in [0.2, 0.25) is 0 Å². The second kappa shape index (κ2) is 13.2. The van der Waals surface area contributed by atoms with Crippen LogP contribution in [0.4, 0.5) is 22.0 Å². The van der Waals surface area contributed by atoms with Crippen molar-refractivity contribution < 1.29 is 19.4 Å². The number of rotatable bonds is 11. The van der Waals surface area contributed by atoms with Gasteiger partial charge in [0.2, 0.25) is 6.35 Å². The van der Waals surface area contributed by atoms with Crippen LogP contribution in [0.1, 0.15) is 22.3 Å². The second-order valence-electron chi connectivity index (χ2n) is 8.93. The lowest BCUT2D eigenvalue weighted by Gasteiger charge is -2.26. The minimum atomic E-state index is -1.00. The molecule has 3 amide bonds. The van der Waals surface area contributed by atoms with Crippen molar-refractivity contribution in [1.82, 2.24) is 14.6 Å². The first-order valence-corrected chi connectivity index (χ1v) is 13.2. The Bertz CT molecular complexity index is 1230. The highest BCUT2D eigenvalue weighted by Crippen LogP contribution is 2.33. The molecule has 1 unspecified atom stereocenters. The molecule has 3 aromatic rings. The number of hydrogen-bond acceptors (Lipinski definition) is 9. The molecule has 0 aliphatic carbocycles. The number of primary amides is 1. The summed E-state index contributed by atoms with van der Waals surface area (Å²) >= 11 is 1.08. The van der Waals surface area contributed by atoms with E-state index in [4.69, 9.17) is 10.5 Å². The fourth-order valence-electron chi connectivity index (χ4n) is 4.09. The minimum Gasteiger partial charge on any atom is -0.379 e. The van der Waals surface area contributed by atoms with E-state index in [1.807, 2.05) is 31.2 Å². The summed E-state index contributed by atoms with van der Waals surface area (Å²) in [6, 6.07) is 14.4. The first-order valence-electron chi connectivity index (χ1n) is 12.4. The summed E-state index contributed by atoms with van der Waals surface area (Å²) in [7, 11) is 0. The van der Waals surface area contributed by atoms with Crippen LogP contribution in [0, 0.1) is 6.92 Å². The maximum Gasteiger partial charge on any atom is 0.320 e. The number of aliphatic hydroxyl groups excluding tert-OH is 1. The van der Waals surface area contributed by atoms with Crippen LogP contribution in [0.25, 0.3) is 10.4 Å². The maximum absolute atomic E-state index is 12.4. The van der Waals surface area contributed by atoms with E-state index in [0.29, 0.717) is 22.7 Å². The van der Waals surface area contributed by atoms with Crippen LogP contribution in [0.5, 0.6) is 0 Å². The molecule has 7 N–H and O–H groups in total. The lowest BCUT2D eigenvalue weighted by atomic mass is 10.1. The van der Waals surface area contributed by atoms with Crippen LogP contribution >= 0.6 is 11.5 Å². The molecule has 11 nitrogen and oxygen atoms in total. The van der Waals surface area contributed by atoms with Gasteiger partial charge < -0.3 is 31.5 Å². The number of aliphatic hydroxyl groups is 1. The SMILES string of the molecule is Cc1cccc(NC(O)Nc2ccc(-c3snc(NC(=O)NCCCN4CCOCC4)c3C(N)=O)cc2)c1. The van der Waals surface area contributed by atoms with Gasteiger partial charge in [-0.15, -0.1) is 0 Å². The fourth-order valence-corrected chi connectivity index (χ4v) is 4.94. The van der Waals surface area contributed by atoms with Crippen molar-refractivity contribution in [3.63, 3.8) is 0 Å². The van der Waals surface area contributed by atoms with Gasteiger partial charge >= 0.3 is 6.03 Å². The maximum atomic E-state index is 12.4. The number of hydrogen-bond donors (Lipinski definition) is 6. The standard InChI is InChI=1S/C26H33N7O4S/c1-17-4-2-5-20(16-17)30-26(36)29-19-8-6-18(7-9-19)22-21(23(27)34)24(32-38-22)31-25(35)28-10-3-11-33-12-14-37-15-13-33/h2,4-9,16,26,29-30,36H,3,10-15H2,1H3,(H2,27,34)(H2,28,31,32,35). The Labute approximate surface area is 225 Å². The molecular formula is C26H33N7O4S. The average Bonchev–Trinajstić information content (AvgIpc) is 3.31. The molecule has 1 fully saturated rings. The number of nitrogens with two attached hydrogens (primary N) is 1. The van der Waals surface area contributed by atoms with E-state index in [0.717, 1.165) is 62.1 Å². The first kappa shape index (κ1) is 27.3. The molecule has 2 heterocycles. The van der Waals surface area contributed by atoms with E-state index in [-0.39, 0.29) is 11.4 Å². The summed E-state index contributed by atoms with van der Waals surface area (Å²) in [5.74, 6) is -0.556. The number of morpholine rings is 1. The van der Waals surface area contributed by atoms with Gasteiger partial charge in [0.05, 0.1) is 18.1 Å². The molecular weight excluding hydrogens is 506 g/mol. The molecule has 1 saturated heterocycles. The van der Waals surface area contributed by atoms with Crippen molar-refractivity contribution in [3.8, 4) is 10.4 Å². The Morgan fingerprint density at radius 1 is 1.13 bits per heavy atom. The largest absolute Gasteiger partial charge is 0.379 e. The molecule has 0 radical (unpaired) electrons. The molecule has 1 aromatic heterocycles. The predicted molar refractivity (Wildman–Crippen MR) is 149 cm³/mol. The normalized spacial score (nSPS) is 14.5. The van der Waals surface area contributed by atoms with Crippen molar-refractivity contribution in [2.75, 3.05) is 55.3 Å². The minimum absolute atomic E-state index is 0.128. The van der Waals surface area contributed by atoms with E-state index in [9.17, 15) is 14.7 Å². The fraction of sp³-hybridized carbons (Fsp3) is 0.346. The molecule has 0 spiro atoms. The molecule has 2 aromatic carbocycles. The van der Waals surface area contributed by atoms with Crippen LogP contribution in [0.15, 0.2) is 48.5 Å². The lowest BCUT2D eigenvalue weighted by molar-refractivity contribution is 0.0375. The van der Waals surface area contributed by atoms with Gasteiger partial charge in [-0.3, -0.25) is 15.0 Å². The number of carbonyl (C=O) groups excluding carboxylic acids is 2. The summed E-state index contributed by atoms with van der Waals surface area (Å²) in [6.45, 7) is 6.62. The van der Waals surface area contributed by atoms with Crippen molar-refractivity contribution >= 4 is 40.7 Å². The number of aryl methyl sites for hydroxylation is 1. The molecule has 1 atom stereocenters. The van der Waals surface area contributed by atoms with Crippen LogP contribution in [-0.4, -0.2) is 72.1 Å². The zero-order valence-electron chi connectivity index (χ0n) is 21.2. The predicted octanol–water partition coefficient (Wildman–Crippen LogP) is 2.86. The Balaban J connectivity index is 1.32. The van der Waals surface area contributed by atoms with Gasteiger partial charge in [-0.25, -0.2) is 4.79 Å². The Kier molecular flexibility index (Phi) is 9.49. The number of aromatic nitrogens is 1. The van der Waals surface area contributed by atoms with E-state index < -0.39 is 18.3 Å². The molecule has 0 bridgehead atoms. The van der Waals surface area contributed by atoms with Gasteiger partial charge in [0.15, 0.2) is 5.82 Å². The van der Waals surface area contributed by atoms with Crippen molar-refractivity contribution in [2.45, 2.75) is 19.7 Å². The third kappa shape index (κ3) is 7.65. The number of ether oxygens (including phenoxy) is 1. The van der Waals surface area contributed by atoms with Gasteiger partial charge in [-0.05, 0) is 66.8 Å². The average molecular weight is 540 g/mol. The number of nitrogens with one attached hydrogen (secondary N) is 4. The summed E-state index contributed by atoms with van der Waals surface area (Å²) in [6.07, 6.45) is -0.205. The third-order valence-electron chi connectivity index (χ3n) is 5.98. The molecule has 202 valence electrons. The molecule has 4 rings (SSSR count). The number of urea groups is 1. The van der Waals surface area contributed by atoms with Crippen molar-refractivity contribution in [1.29, 1.82) is 0 Å². The number of carbonyl (C=O) groups is 2. The highest BCUT2D eigenvalue weighted by atomic mass is 32.1. The van der Waals surface area contributed by atoms with E-state index in [1.165, 1.54) is 0 Å². The first-order chi connectivity index (χ1) is 18.4. The van der Waals surface area contributed by atoms with Gasteiger partial charge in [0, 0.05) is 31.0 Å². The zero-order chi connectivity index (χ0) is 26.9. The highest BCUT2D eigenvalue weighted by Gasteiger charge is 2.21. The Hall–Kier alpha value is -3.71. The number of amides is 3. The molecule has 1 aliphatic rings. The molecule has 1 aliphatic heterocycles. The summed E-state index contributed by atoms with van der Waals surface area (Å²) in [4.78, 5) is 27.5. The smallest absolute Gasteiger partial charge is 0.320 e. The van der Waals surface area contributed by atoms with Crippen LogP contribution in [-0.2, 0) is 4.74 Å². The zero-order valence-corrected chi connectivity index (χ0v) is 22.0. The monoisotopic (exact) mass is 539 g/mol. The molecule has 12 heteroatoms. The number of benzene rings is 2. The van der Waals surface area contributed by atoms with Gasteiger partial charge in [0.1, 0.15) is 5.56 Å². The van der Waals surface area contributed by atoms with Gasteiger partial charge in [-0.1, -0.05) is 24.3 Å². The topological polar surface area (TPSA) is 154 Å². The van der Waals surface area contributed by atoms with E-state index >= 15 is 0 Å². The lowest BCUT2D eigenvalue weighted by Crippen LogP contribution is -2.38. The van der Waals surface area contributed by atoms with Crippen LogP contribution in [0.3, 0.4) is 0 Å². The molecule has 0 saturated carbocycles. The van der Waals surface area contributed by atoms with E-state index in [2.05, 4.69) is 30.5 Å². The number of anilines is 3. The van der Waals surface area contributed by atoms with Crippen molar-refractivity contribution in [2.24, 2.45) is 5.73 Å². The second-order valence-corrected chi connectivity index (χ2v) is 9.70. The van der Waals surface area contributed by atoms with Gasteiger partial charge in [-0.2, -0.15) is 4.37 Å². The summed E-state index contributed by atoms with van der Waals surface area (Å²) in [5, 5.41) is 21.7. The number of nitrogens with zero attached hydrogens (tertiary/aromatic N) is 2. The third-order valence-corrected chi connectivity index (χ3v) is 6.88. The van der Waals surface area contributed by atoms with Gasteiger partial charge in [0.25, 0.3) is 5.91 Å². The van der Waals surface area contributed by atoms with Crippen LogP contribution < -0.4 is 27.0 Å². The molecule has 38 heavy (non-hydrogen) atoms. The summed E-state index contributed by atoms with van der Waals surface area (Å²) < 4.78 is 9.60. The highest BCUT2D eigenvalue weighted by molar-refractivity contribution is 7.10. The summed E-state index contributed by atoms with van der Waals surface area (Å²) in [5.41, 5.74) is 9.04. The Morgan fingerprint density at radius 3 is 2.58 bits per heavy atom.